The van der Waals surface area contributed by atoms with Gasteiger partial charge in [0, 0.05) is 18.8 Å². The number of anilines is 1. The Bertz CT molecular complexity index is 713. The second-order valence-electron chi connectivity index (χ2n) is 4.15. The Morgan fingerprint density at radius 2 is 2.15 bits per heavy atom. The lowest BCUT2D eigenvalue weighted by Crippen LogP contribution is -2.14. The van der Waals surface area contributed by atoms with Gasteiger partial charge in [-0.05, 0) is 13.3 Å². The molecular weight excluding hydrogens is 302 g/mol. The molecule has 0 amide bonds. The zero-order chi connectivity index (χ0) is 14.8. The van der Waals surface area contributed by atoms with Gasteiger partial charge in [0.05, 0.1) is 0 Å². The van der Waals surface area contributed by atoms with E-state index < -0.39 is 10.0 Å². The Labute approximate surface area is 122 Å². The summed E-state index contributed by atoms with van der Waals surface area (Å²) in [5, 5.41) is 0.114. The minimum Gasteiger partial charge on any atom is -0.334 e. The van der Waals surface area contributed by atoms with Gasteiger partial charge in [-0.3, -0.25) is 4.72 Å². The van der Waals surface area contributed by atoms with E-state index in [-0.39, 0.29) is 16.0 Å². The summed E-state index contributed by atoms with van der Waals surface area (Å²) in [5.74, 6) is 0.751. The van der Waals surface area contributed by atoms with Gasteiger partial charge < -0.3 is 4.57 Å². The zero-order valence-electron chi connectivity index (χ0n) is 11.0. The molecule has 0 fully saturated rings. The molecule has 2 aromatic rings. The molecule has 0 atom stereocenters. The first-order valence-corrected chi connectivity index (χ1v) is 7.82. The SMILES string of the molecule is CCCn1cc(S(=O)(=O)Nc2cc(Cl)ncn2)nc1C. The molecule has 1 N–H and O–H groups in total. The lowest BCUT2D eigenvalue weighted by molar-refractivity contribution is 0.597. The topological polar surface area (TPSA) is 89.8 Å². The molecule has 0 spiro atoms. The lowest BCUT2D eigenvalue weighted by Gasteiger charge is -2.04. The number of aryl methyl sites for hydroxylation is 2. The first kappa shape index (κ1) is 14.7. The third-order valence-corrected chi connectivity index (χ3v) is 4.00. The van der Waals surface area contributed by atoms with E-state index in [4.69, 9.17) is 11.6 Å². The third-order valence-electron chi connectivity index (χ3n) is 2.57. The smallest absolute Gasteiger partial charge is 0.282 e. The average molecular weight is 316 g/mol. The summed E-state index contributed by atoms with van der Waals surface area (Å²) in [6, 6.07) is 1.33. The van der Waals surface area contributed by atoms with E-state index in [0.717, 1.165) is 6.42 Å². The van der Waals surface area contributed by atoms with Crippen LogP contribution >= 0.6 is 11.6 Å². The Balaban J connectivity index is 2.28. The van der Waals surface area contributed by atoms with E-state index in [1.807, 2.05) is 6.92 Å². The number of imidazole rings is 1. The van der Waals surface area contributed by atoms with Gasteiger partial charge in [-0.25, -0.2) is 15.0 Å². The van der Waals surface area contributed by atoms with E-state index in [0.29, 0.717) is 12.4 Å². The minimum atomic E-state index is -3.78. The molecule has 0 saturated heterocycles. The molecular formula is C11H14ClN5O2S. The first-order chi connectivity index (χ1) is 9.42. The summed E-state index contributed by atoms with van der Waals surface area (Å²) in [7, 11) is -3.78. The summed E-state index contributed by atoms with van der Waals surface area (Å²) >= 11 is 5.68. The number of hydrogen-bond donors (Lipinski definition) is 1. The van der Waals surface area contributed by atoms with Gasteiger partial charge in [0.2, 0.25) is 0 Å². The molecule has 108 valence electrons. The van der Waals surface area contributed by atoms with Crippen LogP contribution < -0.4 is 4.72 Å². The molecule has 0 aliphatic carbocycles. The van der Waals surface area contributed by atoms with Crippen molar-refractivity contribution in [1.29, 1.82) is 0 Å². The van der Waals surface area contributed by atoms with Crippen molar-refractivity contribution in [3.63, 3.8) is 0 Å². The van der Waals surface area contributed by atoms with Crippen LogP contribution in [0.15, 0.2) is 23.6 Å². The number of rotatable bonds is 5. The Morgan fingerprint density at radius 1 is 1.40 bits per heavy atom. The van der Waals surface area contributed by atoms with Crippen molar-refractivity contribution in [2.75, 3.05) is 4.72 Å². The lowest BCUT2D eigenvalue weighted by atomic mass is 10.5. The molecule has 2 heterocycles. The number of hydrogen-bond acceptors (Lipinski definition) is 5. The van der Waals surface area contributed by atoms with Crippen molar-refractivity contribution < 1.29 is 8.42 Å². The van der Waals surface area contributed by atoms with Crippen LogP contribution in [0.1, 0.15) is 19.2 Å². The maximum atomic E-state index is 12.2. The molecule has 0 aliphatic heterocycles. The number of aromatic nitrogens is 4. The van der Waals surface area contributed by atoms with E-state index in [1.165, 1.54) is 18.6 Å². The van der Waals surface area contributed by atoms with Crippen molar-refractivity contribution >= 4 is 27.4 Å². The van der Waals surface area contributed by atoms with E-state index >= 15 is 0 Å². The second-order valence-corrected chi connectivity index (χ2v) is 6.17. The molecule has 2 aromatic heterocycles. The van der Waals surface area contributed by atoms with Gasteiger partial charge in [-0.1, -0.05) is 18.5 Å². The summed E-state index contributed by atoms with van der Waals surface area (Å²) in [6.07, 6.45) is 3.58. The van der Waals surface area contributed by atoms with Crippen molar-refractivity contribution in [1.82, 2.24) is 19.5 Å². The van der Waals surface area contributed by atoms with Crippen molar-refractivity contribution in [3.05, 3.63) is 29.6 Å². The third kappa shape index (κ3) is 3.26. The summed E-state index contributed by atoms with van der Waals surface area (Å²) in [4.78, 5) is 11.5. The average Bonchev–Trinajstić information content (AvgIpc) is 2.72. The molecule has 2 rings (SSSR count). The fraction of sp³-hybridized carbons (Fsp3) is 0.364. The van der Waals surface area contributed by atoms with E-state index in [2.05, 4.69) is 19.7 Å². The summed E-state index contributed by atoms with van der Waals surface area (Å²) in [5.41, 5.74) is 0. The molecule has 0 saturated carbocycles. The predicted molar refractivity (Wildman–Crippen MR) is 75.1 cm³/mol. The quantitative estimate of drug-likeness (QED) is 0.850. The highest BCUT2D eigenvalue weighted by Gasteiger charge is 2.19. The molecule has 0 unspecified atom stereocenters. The summed E-state index contributed by atoms with van der Waals surface area (Å²) in [6.45, 7) is 4.48. The first-order valence-electron chi connectivity index (χ1n) is 5.96. The van der Waals surface area contributed by atoms with Crippen LogP contribution in [0, 0.1) is 6.92 Å². The second kappa shape index (κ2) is 5.76. The molecule has 0 radical (unpaired) electrons. The van der Waals surface area contributed by atoms with Crippen LogP contribution in [0.3, 0.4) is 0 Å². The Morgan fingerprint density at radius 3 is 2.80 bits per heavy atom. The monoisotopic (exact) mass is 315 g/mol. The van der Waals surface area contributed by atoms with Crippen LogP contribution in [-0.2, 0) is 16.6 Å². The van der Waals surface area contributed by atoms with Gasteiger partial charge in [0.1, 0.15) is 23.1 Å². The van der Waals surface area contributed by atoms with Gasteiger partial charge in [-0.15, -0.1) is 0 Å². The normalized spacial score (nSPS) is 11.6. The van der Waals surface area contributed by atoms with E-state index in [9.17, 15) is 8.42 Å². The Hall–Kier alpha value is -1.67. The standard InChI is InChI=1S/C11H14ClN5O2S/c1-3-4-17-6-11(15-8(17)2)20(18,19)16-10-5-9(12)13-7-14-10/h5-7H,3-4H2,1-2H3,(H,13,14,16). The molecule has 0 aromatic carbocycles. The molecule has 0 bridgehead atoms. The Kier molecular flexibility index (Phi) is 4.24. The number of sulfonamides is 1. The van der Waals surface area contributed by atoms with E-state index in [1.54, 1.807) is 11.5 Å². The van der Waals surface area contributed by atoms with Crippen LogP contribution in [-0.4, -0.2) is 27.9 Å². The predicted octanol–water partition coefficient (Wildman–Crippen LogP) is 1.85. The van der Waals surface area contributed by atoms with Gasteiger partial charge in [-0.2, -0.15) is 8.42 Å². The van der Waals surface area contributed by atoms with Crippen molar-refractivity contribution in [2.24, 2.45) is 0 Å². The number of nitrogens with one attached hydrogen (secondary N) is 1. The highest BCUT2D eigenvalue weighted by molar-refractivity contribution is 7.92. The van der Waals surface area contributed by atoms with Crippen LogP contribution in [0.2, 0.25) is 5.15 Å². The van der Waals surface area contributed by atoms with Crippen molar-refractivity contribution in [2.45, 2.75) is 31.8 Å². The van der Waals surface area contributed by atoms with Crippen molar-refractivity contribution in [3.8, 4) is 0 Å². The van der Waals surface area contributed by atoms with Crippen LogP contribution in [0.5, 0.6) is 0 Å². The fourth-order valence-corrected chi connectivity index (χ4v) is 2.81. The highest BCUT2D eigenvalue weighted by atomic mass is 35.5. The maximum Gasteiger partial charge on any atom is 0.282 e. The minimum absolute atomic E-state index is 0.0433. The zero-order valence-corrected chi connectivity index (χ0v) is 12.6. The molecule has 20 heavy (non-hydrogen) atoms. The van der Waals surface area contributed by atoms with Crippen LogP contribution in [0.4, 0.5) is 5.82 Å². The number of halogens is 1. The van der Waals surface area contributed by atoms with Gasteiger partial charge >= 0.3 is 0 Å². The van der Waals surface area contributed by atoms with Gasteiger partial charge in [0.25, 0.3) is 10.0 Å². The largest absolute Gasteiger partial charge is 0.334 e. The number of nitrogens with zero attached hydrogens (tertiary/aromatic N) is 4. The highest BCUT2D eigenvalue weighted by Crippen LogP contribution is 2.16. The van der Waals surface area contributed by atoms with Crippen LogP contribution in [0.25, 0.3) is 0 Å². The fourth-order valence-electron chi connectivity index (χ4n) is 1.66. The van der Waals surface area contributed by atoms with Gasteiger partial charge in [0.15, 0.2) is 5.03 Å². The maximum absolute atomic E-state index is 12.2. The summed E-state index contributed by atoms with van der Waals surface area (Å²) < 4.78 is 28.5. The molecule has 9 heteroatoms. The molecule has 7 nitrogen and oxygen atoms in total. The molecule has 0 aliphatic rings.